The fraction of sp³-hybridized carbons (Fsp3) is 0.364. The average molecular weight is 355 g/mol. The van der Waals surface area contributed by atoms with Gasteiger partial charge in [0.25, 0.3) is 0 Å². The summed E-state index contributed by atoms with van der Waals surface area (Å²) in [7, 11) is 0. The molecule has 2 unspecified atom stereocenters. The number of fused-ring (bicyclic) bond motifs is 1. The second-order valence-electron chi connectivity index (χ2n) is 6.68. The van der Waals surface area contributed by atoms with E-state index in [0.717, 1.165) is 30.6 Å². The summed E-state index contributed by atoms with van der Waals surface area (Å²) in [6, 6.07) is 18.5. The fourth-order valence-electron chi connectivity index (χ4n) is 3.06. The molecule has 0 bridgehead atoms. The van der Waals surface area contributed by atoms with Crippen LogP contribution in [0.25, 0.3) is 10.1 Å². The van der Waals surface area contributed by atoms with E-state index in [4.69, 9.17) is 4.74 Å². The maximum absolute atomic E-state index is 10.6. The van der Waals surface area contributed by atoms with Crippen LogP contribution in [0.3, 0.4) is 0 Å². The second kappa shape index (κ2) is 8.50. The molecule has 132 valence electrons. The lowest BCUT2D eigenvalue weighted by Crippen LogP contribution is -2.09. The Morgan fingerprint density at radius 3 is 2.72 bits per heavy atom. The number of ether oxygens (including phenoxy) is 1. The van der Waals surface area contributed by atoms with Crippen molar-refractivity contribution in [3.05, 3.63) is 65.0 Å². The molecule has 25 heavy (non-hydrogen) atoms. The van der Waals surface area contributed by atoms with Crippen molar-refractivity contribution in [1.29, 1.82) is 0 Å². The van der Waals surface area contributed by atoms with Gasteiger partial charge in [-0.3, -0.25) is 0 Å². The number of hydrogen-bond donors (Lipinski definition) is 1. The lowest BCUT2D eigenvalue weighted by molar-refractivity contribution is 0.111. The van der Waals surface area contributed by atoms with Crippen LogP contribution in [0.2, 0.25) is 0 Å². The molecule has 1 heterocycles. The van der Waals surface area contributed by atoms with Crippen LogP contribution in [0.5, 0.6) is 5.75 Å². The first-order valence-electron chi connectivity index (χ1n) is 9.05. The van der Waals surface area contributed by atoms with Gasteiger partial charge in [0.2, 0.25) is 0 Å². The summed E-state index contributed by atoms with van der Waals surface area (Å²) in [6.07, 6.45) is 2.93. The molecular formula is C22H26O2S. The van der Waals surface area contributed by atoms with Crippen LogP contribution in [0.15, 0.2) is 54.6 Å². The molecule has 3 aromatic rings. The zero-order valence-corrected chi connectivity index (χ0v) is 15.8. The van der Waals surface area contributed by atoms with Crippen LogP contribution in [0.4, 0.5) is 0 Å². The molecule has 1 N–H and O–H groups in total. The van der Waals surface area contributed by atoms with Crippen molar-refractivity contribution in [1.82, 2.24) is 0 Å². The van der Waals surface area contributed by atoms with Crippen molar-refractivity contribution in [2.45, 2.75) is 45.8 Å². The Bertz CT molecular complexity index is 775. The summed E-state index contributed by atoms with van der Waals surface area (Å²) in [4.78, 5) is 1.21. The smallest absolute Gasteiger partial charge is 0.122 e. The highest BCUT2D eigenvalue weighted by molar-refractivity contribution is 7.19. The van der Waals surface area contributed by atoms with Crippen molar-refractivity contribution in [3.8, 4) is 5.75 Å². The molecular weight excluding hydrogens is 328 g/mol. The van der Waals surface area contributed by atoms with E-state index in [-0.39, 0.29) is 5.92 Å². The molecule has 0 aliphatic heterocycles. The molecule has 2 atom stereocenters. The van der Waals surface area contributed by atoms with Crippen molar-refractivity contribution in [3.63, 3.8) is 0 Å². The highest BCUT2D eigenvalue weighted by Crippen LogP contribution is 2.30. The SMILES string of the molecule is CCCCC(C)C(O)c1cccc(OCc2cc3ccccc3s2)c1. The van der Waals surface area contributed by atoms with Crippen LogP contribution in [-0.4, -0.2) is 5.11 Å². The van der Waals surface area contributed by atoms with E-state index in [9.17, 15) is 5.11 Å². The molecule has 0 saturated heterocycles. The third kappa shape index (κ3) is 4.62. The molecule has 3 rings (SSSR count). The largest absolute Gasteiger partial charge is 0.488 e. The van der Waals surface area contributed by atoms with Crippen molar-refractivity contribution in [2.75, 3.05) is 0 Å². The van der Waals surface area contributed by atoms with Gasteiger partial charge in [0.15, 0.2) is 0 Å². The van der Waals surface area contributed by atoms with Crippen molar-refractivity contribution >= 4 is 21.4 Å². The summed E-state index contributed by atoms with van der Waals surface area (Å²) >= 11 is 1.77. The predicted molar refractivity (Wildman–Crippen MR) is 106 cm³/mol. The van der Waals surface area contributed by atoms with Gasteiger partial charge >= 0.3 is 0 Å². The molecule has 0 aliphatic carbocycles. The minimum atomic E-state index is -0.431. The topological polar surface area (TPSA) is 29.5 Å². The van der Waals surface area contributed by atoms with Gasteiger partial charge < -0.3 is 9.84 Å². The third-order valence-corrected chi connectivity index (χ3v) is 5.70. The standard InChI is InChI=1S/C22H26O2S/c1-3-4-8-16(2)22(23)18-10-7-11-19(13-18)24-15-20-14-17-9-5-6-12-21(17)25-20/h5-7,9-14,16,22-23H,3-4,8,15H2,1-2H3. The van der Waals surface area contributed by atoms with Crippen LogP contribution in [0.1, 0.15) is 49.7 Å². The highest BCUT2D eigenvalue weighted by atomic mass is 32.1. The molecule has 0 aliphatic rings. The monoisotopic (exact) mass is 354 g/mol. The fourth-order valence-corrected chi connectivity index (χ4v) is 4.04. The van der Waals surface area contributed by atoms with Gasteiger partial charge in [-0.2, -0.15) is 0 Å². The molecule has 3 heteroatoms. The molecule has 0 fully saturated rings. The zero-order valence-electron chi connectivity index (χ0n) is 14.9. The van der Waals surface area contributed by atoms with Gasteiger partial charge in [-0.25, -0.2) is 0 Å². The first-order chi connectivity index (χ1) is 12.2. The Morgan fingerprint density at radius 1 is 1.08 bits per heavy atom. The normalized spacial score (nSPS) is 13.7. The van der Waals surface area contributed by atoms with Gasteiger partial charge in [0.05, 0.1) is 6.10 Å². The minimum Gasteiger partial charge on any atom is -0.488 e. The van der Waals surface area contributed by atoms with E-state index in [1.54, 1.807) is 11.3 Å². The van der Waals surface area contributed by atoms with Gasteiger partial charge in [-0.05, 0) is 47.6 Å². The Kier molecular flexibility index (Phi) is 6.11. The van der Waals surface area contributed by atoms with E-state index in [0.29, 0.717) is 6.61 Å². The Hall–Kier alpha value is -1.84. The first-order valence-corrected chi connectivity index (χ1v) is 9.87. The van der Waals surface area contributed by atoms with Crippen molar-refractivity contribution in [2.24, 2.45) is 5.92 Å². The van der Waals surface area contributed by atoms with E-state index < -0.39 is 6.10 Å². The molecule has 0 saturated carbocycles. The summed E-state index contributed by atoms with van der Waals surface area (Å²) in [5, 5.41) is 11.8. The van der Waals surface area contributed by atoms with Gasteiger partial charge in [-0.1, -0.05) is 57.0 Å². The molecule has 0 spiro atoms. The summed E-state index contributed by atoms with van der Waals surface area (Å²) < 4.78 is 7.26. The summed E-state index contributed by atoms with van der Waals surface area (Å²) in [5.41, 5.74) is 0.942. The maximum atomic E-state index is 10.6. The lowest BCUT2D eigenvalue weighted by Gasteiger charge is -2.19. The number of hydrogen-bond acceptors (Lipinski definition) is 3. The number of unbranched alkanes of at least 4 members (excludes halogenated alkanes) is 1. The molecule has 0 radical (unpaired) electrons. The lowest BCUT2D eigenvalue weighted by atomic mass is 9.93. The van der Waals surface area contributed by atoms with E-state index >= 15 is 0 Å². The number of aliphatic hydroxyl groups is 1. The summed E-state index contributed by atoms with van der Waals surface area (Å²) in [5.74, 6) is 1.08. The average Bonchev–Trinajstić information content (AvgIpc) is 3.07. The van der Waals surface area contributed by atoms with Gasteiger partial charge in [-0.15, -0.1) is 11.3 Å². The highest BCUT2D eigenvalue weighted by Gasteiger charge is 2.16. The molecule has 2 aromatic carbocycles. The molecule has 2 nitrogen and oxygen atoms in total. The maximum Gasteiger partial charge on any atom is 0.122 e. The minimum absolute atomic E-state index is 0.262. The number of aliphatic hydroxyl groups excluding tert-OH is 1. The van der Waals surface area contributed by atoms with E-state index in [1.807, 2.05) is 24.3 Å². The zero-order chi connectivity index (χ0) is 17.6. The first kappa shape index (κ1) is 18.0. The summed E-state index contributed by atoms with van der Waals surface area (Å²) in [6.45, 7) is 4.86. The second-order valence-corrected chi connectivity index (χ2v) is 7.84. The quantitative estimate of drug-likeness (QED) is 0.511. The third-order valence-electron chi connectivity index (χ3n) is 4.61. The van der Waals surface area contributed by atoms with Crippen LogP contribution in [-0.2, 0) is 6.61 Å². The van der Waals surface area contributed by atoms with Gasteiger partial charge in [0, 0.05) is 9.58 Å². The Morgan fingerprint density at radius 2 is 1.92 bits per heavy atom. The van der Waals surface area contributed by atoms with E-state index in [1.165, 1.54) is 15.0 Å². The van der Waals surface area contributed by atoms with Crippen molar-refractivity contribution < 1.29 is 9.84 Å². The Labute approximate surface area is 154 Å². The Balaban J connectivity index is 1.65. The molecule has 1 aromatic heterocycles. The van der Waals surface area contributed by atoms with Gasteiger partial charge in [0.1, 0.15) is 12.4 Å². The number of thiophene rings is 1. The number of benzene rings is 2. The van der Waals surface area contributed by atoms with Crippen LogP contribution in [0, 0.1) is 5.92 Å². The van der Waals surface area contributed by atoms with E-state index in [2.05, 4.69) is 44.2 Å². The number of rotatable bonds is 8. The predicted octanol–water partition coefficient (Wildman–Crippen LogP) is 6.34. The molecule has 0 amide bonds. The van der Waals surface area contributed by atoms with Crippen LogP contribution < -0.4 is 4.74 Å². The van der Waals surface area contributed by atoms with Crippen LogP contribution >= 0.6 is 11.3 Å².